The van der Waals surface area contributed by atoms with Gasteiger partial charge >= 0.3 is 0 Å². The van der Waals surface area contributed by atoms with Gasteiger partial charge in [0.2, 0.25) is 0 Å². The summed E-state index contributed by atoms with van der Waals surface area (Å²) in [7, 11) is 3.98. The van der Waals surface area contributed by atoms with E-state index in [4.69, 9.17) is 4.74 Å². The van der Waals surface area contributed by atoms with Gasteiger partial charge in [-0.1, -0.05) is 30.3 Å². The Balaban J connectivity index is 1.47. The average Bonchev–Trinajstić information content (AvgIpc) is 2.87. The number of hydrogen-bond acceptors (Lipinski definition) is 6. The Morgan fingerprint density at radius 1 is 1.06 bits per heavy atom. The summed E-state index contributed by atoms with van der Waals surface area (Å²) in [5.74, 6) is -0.188. The highest BCUT2D eigenvalue weighted by Crippen LogP contribution is 2.13. The number of anilines is 1. The minimum absolute atomic E-state index is 0.0731. The zero-order valence-electron chi connectivity index (χ0n) is 20.1. The Hall–Kier alpha value is -3.23. The summed E-state index contributed by atoms with van der Waals surface area (Å²) < 4.78 is 5.45. The number of carbonyl (C=O) groups excluding carboxylic acids is 2. The minimum atomic E-state index is -0.276. The van der Waals surface area contributed by atoms with E-state index in [0.717, 1.165) is 37.2 Å². The van der Waals surface area contributed by atoms with Gasteiger partial charge in [0.15, 0.2) is 0 Å². The Labute approximate surface area is 202 Å². The molecule has 2 amide bonds. The number of carbonyl (C=O) groups is 2. The third-order valence-corrected chi connectivity index (χ3v) is 5.81. The van der Waals surface area contributed by atoms with Crippen molar-refractivity contribution in [1.29, 1.82) is 0 Å². The summed E-state index contributed by atoms with van der Waals surface area (Å²) in [6.45, 7) is 3.26. The lowest BCUT2D eigenvalue weighted by Crippen LogP contribution is -2.50. The van der Waals surface area contributed by atoms with Gasteiger partial charge in [0, 0.05) is 45.0 Å². The maximum absolute atomic E-state index is 12.9. The highest BCUT2D eigenvalue weighted by Gasteiger charge is 2.26. The third-order valence-electron chi connectivity index (χ3n) is 5.81. The van der Waals surface area contributed by atoms with Gasteiger partial charge in [-0.3, -0.25) is 14.5 Å². The van der Waals surface area contributed by atoms with Crippen LogP contribution < -0.4 is 15.6 Å². The highest BCUT2D eigenvalue weighted by molar-refractivity contribution is 5.94. The third kappa shape index (κ3) is 7.97. The lowest BCUT2D eigenvalue weighted by Gasteiger charge is -2.33. The van der Waals surface area contributed by atoms with Crippen LogP contribution in [-0.4, -0.2) is 75.9 Å². The SMILES string of the molecule is CN(C)c1ccc(C=NNC(=O)C(CCCCNC(=O)c2ccccc2)N2CCOCC2)cc1. The highest BCUT2D eigenvalue weighted by atomic mass is 16.5. The summed E-state index contributed by atoms with van der Waals surface area (Å²) >= 11 is 0. The maximum Gasteiger partial charge on any atom is 0.257 e. The Bertz CT molecular complexity index is 925. The molecule has 2 aromatic carbocycles. The standard InChI is InChI=1S/C26H35N5O3/c1-30(2)23-13-11-21(12-14-23)20-28-29-26(33)24(31-16-18-34-19-17-31)10-6-7-15-27-25(32)22-8-4-3-5-9-22/h3-5,8-9,11-14,20,24H,6-7,10,15-19H2,1-2H3,(H,27,32)(H,29,33). The van der Waals surface area contributed by atoms with Crippen LogP contribution in [0.1, 0.15) is 35.2 Å². The predicted octanol–water partition coefficient (Wildman–Crippen LogP) is 2.50. The predicted molar refractivity (Wildman–Crippen MR) is 135 cm³/mol. The Morgan fingerprint density at radius 2 is 1.76 bits per heavy atom. The molecular weight excluding hydrogens is 430 g/mol. The van der Waals surface area contributed by atoms with E-state index in [1.165, 1.54) is 0 Å². The molecule has 1 aliphatic heterocycles. The molecule has 1 fully saturated rings. The molecule has 8 heteroatoms. The van der Waals surface area contributed by atoms with Crippen molar-refractivity contribution in [3.05, 3.63) is 65.7 Å². The number of hydrogen-bond donors (Lipinski definition) is 2. The van der Waals surface area contributed by atoms with E-state index in [-0.39, 0.29) is 17.9 Å². The van der Waals surface area contributed by atoms with E-state index >= 15 is 0 Å². The first kappa shape index (κ1) is 25.4. The first-order chi connectivity index (χ1) is 16.5. The number of amides is 2. The van der Waals surface area contributed by atoms with Crippen molar-refractivity contribution >= 4 is 23.7 Å². The van der Waals surface area contributed by atoms with Gasteiger partial charge in [-0.2, -0.15) is 5.10 Å². The molecule has 2 aromatic rings. The van der Waals surface area contributed by atoms with Gasteiger partial charge in [0.25, 0.3) is 11.8 Å². The topological polar surface area (TPSA) is 86.3 Å². The number of ether oxygens (including phenoxy) is 1. The largest absolute Gasteiger partial charge is 0.379 e. The molecule has 0 radical (unpaired) electrons. The van der Waals surface area contributed by atoms with Gasteiger partial charge in [-0.05, 0) is 49.1 Å². The van der Waals surface area contributed by atoms with Crippen LogP contribution in [0.3, 0.4) is 0 Å². The van der Waals surface area contributed by atoms with Crippen LogP contribution in [0.5, 0.6) is 0 Å². The summed E-state index contributed by atoms with van der Waals surface area (Å²) in [5, 5.41) is 7.13. The molecule has 34 heavy (non-hydrogen) atoms. The fourth-order valence-corrected chi connectivity index (χ4v) is 3.83. The van der Waals surface area contributed by atoms with E-state index in [1.807, 2.05) is 61.5 Å². The summed E-state index contributed by atoms with van der Waals surface area (Å²) in [6.07, 6.45) is 3.97. The van der Waals surface area contributed by atoms with Crippen LogP contribution in [0.2, 0.25) is 0 Å². The molecule has 182 valence electrons. The molecule has 1 saturated heterocycles. The van der Waals surface area contributed by atoms with Crippen molar-refractivity contribution in [2.75, 3.05) is 51.8 Å². The van der Waals surface area contributed by atoms with E-state index in [9.17, 15) is 9.59 Å². The van der Waals surface area contributed by atoms with Crippen molar-refractivity contribution in [2.45, 2.75) is 25.3 Å². The summed E-state index contributed by atoms with van der Waals surface area (Å²) in [6, 6.07) is 16.9. The molecule has 8 nitrogen and oxygen atoms in total. The number of benzene rings is 2. The van der Waals surface area contributed by atoms with E-state index in [1.54, 1.807) is 18.3 Å². The summed E-state index contributed by atoms with van der Waals surface area (Å²) in [5.41, 5.74) is 5.39. The lowest BCUT2D eigenvalue weighted by molar-refractivity contribution is -0.128. The van der Waals surface area contributed by atoms with Gasteiger partial charge in [0.05, 0.1) is 25.5 Å². The molecule has 1 atom stereocenters. The molecular formula is C26H35N5O3. The van der Waals surface area contributed by atoms with Gasteiger partial charge < -0.3 is 15.0 Å². The van der Waals surface area contributed by atoms with Crippen LogP contribution in [0.4, 0.5) is 5.69 Å². The van der Waals surface area contributed by atoms with E-state index in [2.05, 4.69) is 20.7 Å². The van der Waals surface area contributed by atoms with Gasteiger partial charge in [0.1, 0.15) is 0 Å². The Kier molecular flexibility index (Phi) is 10.1. The molecule has 1 unspecified atom stereocenters. The van der Waals surface area contributed by atoms with Crippen molar-refractivity contribution in [1.82, 2.24) is 15.6 Å². The molecule has 0 spiro atoms. The first-order valence-corrected chi connectivity index (χ1v) is 11.8. The Morgan fingerprint density at radius 3 is 2.44 bits per heavy atom. The van der Waals surface area contributed by atoms with E-state index in [0.29, 0.717) is 31.7 Å². The second kappa shape index (κ2) is 13.5. The smallest absolute Gasteiger partial charge is 0.257 e. The molecule has 0 aromatic heterocycles. The van der Waals surface area contributed by atoms with Crippen LogP contribution in [0.25, 0.3) is 0 Å². The molecule has 1 heterocycles. The van der Waals surface area contributed by atoms with Gasteiger partial charge in [-0.25, -0.2) is 5.43 Å². The molecule has 1 aliphatic rings. The van der Waals surface area contributed by atoms with Crippen LogP contribution >= 0.6 is 0 Å². The maximum atomic E-state index is 12.9. The van der Waals surface area contributed by atoms with E-state index < -0.39 is 0 Å². The molecule has 2 N–H and O–H groups in total. The number of rotatable bonds is 11. The van der Waals surface area contributed by atoms with Crippen molar-refractivity contribution < 1.29 is 14.3 Å². The quantitative estimate of drug-likeness (QED) is 0.303. The number of hydrazone groups is 1. The van der Waals surface area contributed by atoms with Gasteiger partial charge in [-0.15, -0.1) is 0 Å². The number of nitrogens with zero attached hydrogens (tertiary/aromatic N) is 3. The molecule has 0 saturated carbocycles. The van der Waals surface area contributed by atoms with Crippen LogP contribution in [0.15, 0.2) is 59.7 Å². The number of unbranched alkanes of at least 4 members (excludes halogenated alkanes) is 1. The number of nitrogens with one attached hydrogen (secondary N) is 2. The zero-order valence-corrected chi connectivity index (χ0v) is 20.1. The lowest BCUT2D eigenvalue weighted by atomic mass is 10.1. The monoisotopic (exact) mass is 465 g/mol. The van der Waals surface area contributed by atoms with Crippen LogP contribution in [-0.2, 0) is 9.53 Å². The summed E-state index contributed by atoms with van der Waals surface area (Å²) in [4.78, 5) is 29.3. The van der Waals surface area contributed by atoms with Crippen molar-refractivity contribution in [3.63, 3.8) is 0 Å². The first-order valence-electron chi connectivity index (χ1n) is 11.8. The van der Waals surface area contributed by atoms with Crippen molar-refractivity contribution in [3.8, 4) is 0 Å². The average molecular weight is 466 g/mol. The molecule has 3 rings (SSSR count). The normalized spacial score (nSPS) is 15.1. The molecule has 0 aliphatic carbocycles. The zero-order chi connectivity index (χ0) is 24.2. The number of morpholine rings is 1. The van der Waals surface area contributed by atoms with Crippen molar-refractivity contribution in [2.24, 2.45) is 5.10 Å². The second-order valence-electron chi connectivity index (χ2n) is 8.50. The fraction of sp³-hybridized carbons (Fsp3) is 0.423. The minimum Gasteiger partial charge on any atom is -0.379 e. The van der Waals surface area contributed by atoms with Crippen LogP contribution in [0, 0.1) is 0 Å². The molecule has 0 bridgehead atoms. The second-order valence-corrected chi connectivity index (χ2v) is 8.50. The fourth-order valence-electron chi connectivity index (χ4n) is 3.83.